The van der Waals surface area contributed by atoms with E-state index in [2.05, 4.69) is 27.1 Å². The molecule has 1 aliphatic carbocycles. The Morgan fingerprint density at radius 2 is 1.90 bits per heavy atom. The monoisotopic (exact) mass is 459 g/mol. The Morgan fingerprint density at radius 1 is 1.10 bits per heavy atom. The number of rotatable bonds is 3. The van der Waals surface area contributed by atoms with E-state index < -0.39 is 0 Å². The van der Waals surface area contributed by atoms with Gasteiger partial charge in [0.05, 0.1) is 16.0 Å². The number of nitrogens with one attached hydrogen (secondary N) is 1. The second-order valence-electron chi connectivity index (χ2n) is 8.85. The van der Waals surface area contributed by atoms with Crippen molar-refractivity contribution >= 4 is 34.9 Å². The standard InChI is InChI=1S/C23H27Cl2N5O/c1-14-2-5-20-21(14)22(28-13-27-20)29-6-8-30(9-7-29)23(31)17-12-26-11-16(17)15-3-4-18(24)19(25)10-15/h3-4,10,13-14,16-17,26H,2,5-9,11-12H2,1H3/t14-,16-,17+/m1/s1. The van der Waals surface area contributed by atoms with Crippen LogP contribution in [0.25, 0.3) is 0 Å². The average Bonchev–Trinajstić information content (AvgIpc) is 3.43. The maximum absolute atomic E-state index is 13.4. The molecule has 0 unspecified atom stereocenters. The van der Waals surface area contributed by atoms with Crippen molar-refractivity contribution in [3.8, 4) is 0 Å². The van der Waals surface area contributed by atoms with Crippen molar-refractivity contribution in [3.05, 3.63) is 51.4 Å². The molecular weight excluding hydrogens is 433 g/mol. The van der Waals surface area contributed by atoms with Crippen molar-refractivity contribution in [1.82, 2.24) is 20.2 Å². The van der Waals surface area contributed by atoms with Crippen LogP contribution in [0.1, 0.15) is 42.0 Å². The zero-order valence-electron chi connectivity index (χ0n) is 17.7. The lowest BCUT2D eigenvalue weighted by Crippen LogP contribution is -2.51. The van der Waals surface area contributed by atoms with Crippen LogP contribution in [0, 0.1) is 5.92 Å². The van der Waals surface area contributed by atoms with Crippen LogP contribution in [0.4, 0.5) is 5.82 Å². The van der Waals surface area contributed by atoms with Gasteiger partial charge in [-0.25, -0.2) is 9.97 Å². The van der Waals surface area contributed by atoms with E-state index in [1.165, 1.54) is 11.3 Å². The molecule has 2 aromatic rings. The summed E-state index contributed by atoms with van der Waals surface area (Å²) in [4.78, 5) is 26.8. The van der Waals surface area contributed by atoms with Crippen LogP contribution >= 0.6 is 23.2 Å². The number of aromatic nitrogens is 2. The Kier molecular flexibility index (Phi) is 5.80. The van der Waals surface area contributed by atoms with Crippen molar-refractivity contribution in [1.29, 1.82) is 0 Å². The van der Waals surface area contributed by atoms with Crippen molar-refractivity contribution in [3.63, 3.8) is 0 Å². The number of anilines is 1. The molecule has 6 nitrogen and oxygen atoms in total. The van der Waals surface area contributed by atoms with Gasteiger partial charge in [0, 0.05) is 56.4 Å². The minimum absolute atomic E-state index is 0.0767. The van der Waals surface area contributed by atoms with Gasteiger partial charge in [0.1, 0.15) is 12.1 Å². The highest BCUT2D eigenvalue weighted by atomic mass is 35.5. The van der Waals surface area contributed by atoms with Crippen LogP contribution < -0.4 is 10.2 Å². The normalized spacial score (nSPS) is 25.7. The predicted octanol–water partition coefficient (Wildman–Crippen LogP) is 3.48. The number of fused-ring (bicyclic) bond motifs is 1. The molecule has 31 heavy (non-hydrogen) atoms. The third-order valence-corrected chi connectivity index (χ3v) is 7.79. The fraction of sp³-hybridized carbons (Fsp3) is 0.522. The second-order valence-corrected chi connectivity index (χ2v) is 9.67. The molecule has 1 aromatic heterocycles. The number of amides is 1. The number of carbonyl (C=O) groups is 1. The highest BCUT2D eigenvalue weighted by molar-refractivity contribution is 6.42. The zero-order valence-corrected chi connectivity index (χ0v) is 19.2. The molecule has 1 N–H and O–H groups in total. The first-order valence-electron chi connectivity index (χ1n) is 11.1. The molecule has 8 heteroatoms. The van der Waals surface area contributed by atoms with Gasteiger partial charge in [-0.05, 0) is 36.5 Å². The number of benzene rings is 1. The zero-order chi connectivity index (χ0) is 21.5. The Morgan fingerprint density at radius 3 is 2.68 bits per heavy atom. The van der Waals surface area contributed by atoms with E-state index in [1.54, 1.807) is 6.33 Å². The van der Waals surface area contributed by atoms with Crippen molar-refractivity contribution in [2.24, 2.45) is 5.92 Å². The van der Waals surface area contributed by atoms with Crippen molar-refractivity contribution in [2.75, 3.05) is 44.2 Å². The quantitative estimate of drug-likeness (QED) is 0.760. The summed E-state index contributed by atoms with van der Waals surface area (Å²) in [5.74, 6) is 1.83. The van der Waals surface area contributed by atoms with Crippen LogP contribution in [-0.2, 0) is 11.2 Å². The molecule has 0 bridgehead atoms. The van der Waals surface area contributed by atoms with Crippen LogP contribution in [-0.4, -0.2) is 60.0 Å². The van der Waals surface area contributed by atoms with Crippen molar-refractivity contribution < 1.29 is 4.79 Å². The summed E-state index contributed by atoms with van der Waals surface area (Å²) in [7, 11) is 0. The number of nitrogens with zero attached hydrogens (tertiary/aromatic N) is 4. The number of halogens is 2. The fourth-order valence-electron chi connectivity index (χ4n) is 5.28. The predicted molar refractivity (Wildman–Crippen MR) is 123 cm³/mol. The van der Waals surface area contributed by atoms with Gasteiger partial charge in [-0.3, -0.25) is 4.79 Å². The molecule has 1 amide bonds. The third-order valence-electron chi connectivity index (χ3n) is 7.05. The molecule has 2 aliphatic heterocycles. The molecule has 0 radical (unpaired) electrons. The highest BCUT2D eigenvalue weighted by Gasteiger charge is 2.38. The van der Waals surface area contributed by atoms with E-state index in [1.807, 2.05) is 23.1 Å². The number of piperazine rings is 1. The van der Waals surface area contributed by atoms with Gasteiger partial charge in [0.2, 0.25) is 5.91 Å². The van der Waals surface area contributed by atoms with Crippen LogP contribution in [0.2, 0.25) is 10.0 Å². The van der Waals surface area contributed by atoms with E-state index in [-0.39, 0.29) is 17.7 Å². The highest BCUT2D eigenvalue weighted by Crippen LogP contribution is 2.38. The summed E-state index contributed by atoms with van der Waals surface area (Å²) in [5.41, 5.74) is 3.57. The molecule has 5 rings (SSSR count). The summed E-state index contributed by atoms with van der Waals surface area (Å²) in [6.07, 6.45) is 3.87. The first-order chi connectivity index (χ1) is 15.0. The second kappa shape index (κ2) is 8.57. The lowest BCUT2D eigenvalue weighted by Gasteiger charge is -2.38. The fourth-order valence-corrected chi connectivity index (χ4v) is 5.59. The molecule has 2 saturated heterocycles. The summed E-state index contributed by atoms with van der Waals surface area (Å²) >= 11 is 12.3. The van der Waals surface area contributed by atoms with Gasteiger partial charge >= 0.3 is 0 Å². The molecule has 2 fully saturated rings. The van der Waals surface area contributed by atoms with Crippen LogP contribution in [0.5, 0.6) is 0 Å². The maximum atomic E-state index is 13.4. The third kappa shape index (κ3) is 3.90. The number of hydrogen-bond donors (Lipinski definition) is 1. The molecule has 0 spiro atoms. The Labute approximate surface area is 192 Å². The van der Waals surface area contributed by atoms with Gasteiger partial charge in [0.25, 0.3) is 0 Å². The Balaban J connectivity index is 1.27. The molecule has 3 heterocycles. The van der Waals surface area contributed by atoms with E-state index >= 15 is 0 Å². The maximum Gasteiger partial charge on any atom is 0.227 e. The first kappa shape index (κ1) is 21.0. The van der Waals surface area contributed by atoms with Gasteiger partial charge in [-0.2, -0.15) is 0 Å². The topological polar surface area (TPSA) is 61.4 Å². The van der Waals surface area contributed by atoms with Crippen molar-refractivity contribution in [2.45, 2.75) is 31.6 Å². The lowest BCUT2D eigenvalue weighted by molar-refractivity contribution is -0.135. The molecular formula is C23H27Cl2N5O. The molecule has 3 atom stereocenters. The minimum Gasteiger partial charge on any atom is -0.353 e. The summed E-state index contributed by atoms with van der Waals surface area (Å²) in [6.45, 7) is 6.78. The van der Waals surface area contributed by atoms with E-state index in [0.29, 0.717) is 22.5 Å². The average molecular weight is 460 g/mol. The largest absolute Gasteiger partial charge is 0.353 e. The Bertz CT molecular complexity index is 992. The minimum atomic E-state index is -0.0767. The van der Waals surface area contributed by atoms with Gasteiger partial charge < -0.3 is 15.1 Å². The number of carbonyl (C=O) groups excluding carboxylic acids is 1. The lowest BCUT2D eigenvalue weighted by atomic mass is 9.88. The number of hydrogen-bond acceptors (Lipinski definition) is 5. The van der Waals surface area contributed by atoms with Gasteiger partial charge in [-0.1, -0.05) is 36.2 Å². The summed E-state index contributed by atoms with van der Waals surface area (Å²) in [6, 6.07) is 5.70. The van der Waals surface area contributed by atoms with E-state index in [0.717, 1.165) is 56.9 Å². The molecule has 1 aromatic carbocycles. The molecule has 0 saturated carbocycles. The summed E-state index contributed by atoms with van der Waals surface area (Å²) < 4.78 is 0. The van der Waals surface area contributed by atoms with Crippen LogP contribution in [0.15, 0.2) is 24.5 Å². The molecule has 164 valence electrons. The first-order valence-corrected chi connectivity index (χ1v) is 11.8. The van der Waals surface area contributed by atoms with E-state index in [9.17, 15) is 4.79 Å². The van der Waals surface area contributed by atoms with Crippen LogP contribution in [0.3, 0.4) is 0 Å². The SMILES string of the molecule is C[C@@H]1CCc2ncnc(N3CCN(C(=O)[C@H]4CNC[C@@H]4c4ccc(Cl)c(Cl)c4)CC3)c21. The Hall–Kier alpha value is -1.89. The van der Waals surface area contributed by atoms with E-state index in [4.69, 9.17) is 23.2 Å². The molecule has 3 aliphatic rings. The summed E-state index contributed by atoms with van der Waals surface area (Å²) in [5, 5.41) is 4.47. The smallest absolute Gasteiger partial charge is 0.227 e. The van der Waals surface area contributed by atoms with Gasteiger partial charge in [-0.15, -0.1) is 0 Å². The van der Waals surface area contributed by atoms with Gasteiger partial charge in [0.15, 0.2) is 0 Å². The number of aryl methyl sites for hydroxylation is 1.